The fourth-order valence-corrected chi connectivity index (χ4v) is 4.11. The number of aromatic nitrogens is 2. The van der Waals surface area contributed by atoms with E-state index in [-0.39, 0.29) is 29.4 Å². The number of carbonyl (C=O) groups excluding carboxylic acids is 1. The van der Waals surface area contributed by atoms with Crippen LogP contribution in [-0.4, -0.2) is 56.4 Å². The Morgan fingerprint density at radius 1 is 1.12 bits per heavy atom. The number of hydrogen-bond donors (Lipinski definition) is 1. The monoisotopic (exact) mass is 496 g/mol. The van der Waals surface area contributed by atoms with Crippen LogP contribution in [0.4, 0.5) is 18.0 Å². The minimum atomic E-state index is -4.64. The lowest BCUT2D eigenvalue weighted by molar-refractivity contribution is -0.141. The Kier molecular flexibility index (Phi) is 7.32. The summed E-state index contributed by atoms with van der Waals surface area (Å²) < 4.78 is 73.2. The van der Waals surface area contributed by atoms with Crippen LogP contribution in [0.5, 0.6) is 0 Å². The first-order valence-electron chi connectivity index (χ1n) is 10.1. The standard InChI is InChI=1S/C22H23F3N4O4S/c1-15-4-6-16(7-5-15)19-14-20(22(23,24)25)27-29(19)17-8-10-18(11-9-17)34(31,32)26-12-13-28(2)21(30)33-3/h4-11,14,26H,12-13H2,1-3H3. The van der Waals surface area contributed by atoms with Crippen LogP contribution in [0.1, 0.15) is 11.3 Å². The van der Waals surface area contributed by atoms with E-state index in [4.69, 9.17) is 0 Å². The summed E-state index contributed by atoms with van der Waals surface area (Å²) in [6, 6.07) is 13.2. The number of likely N-dealkylation sites (N-methyl/N-ethyl adjacent to an activating group) is 1. The number of alkyl halides is 3. The lowest BCUT2D eigenvalue weighted by atomic mass is 10.1. The van der Waals surface area contributed by atoms with E-state index >= 15 is 0 Å². The van der Waals surface area contributed by atoms with Crippen molar-refractivity contribution in [1.29, 1.82) is 0 Å². The van der Waals surface area contributed by atoms with Gasteiger partial charge < -0.3 is 9.64 Å². The summed E-state index contributed by atoms with van der Waals surface area (Å²) in [6.07, 6.45) is -5.25. The number of ether oxygens (including phenoxy) is 1. The Morgan fingerprint density at radius 2 is 1.74 bits per heavy atom. The van der Waals surface area contributed by atoms with Crippen molar-refractivity contribution in [2.75, 3.05) is 27.2 Å². The van der Waals surface area contributed by atoms with Crippen LogP contribution >= 0.6 is 0 Å². The van der Waals surface area contributed by atoms with Crippen LogP contribution in [0.3, 0.4) is 0 Å². The van der Waals surface area contributed by atoms with E-state index < -0.39 is 28.0 Å². The van der Waals surface area contributed by atoms with E-state index in [1.54, 1.807) is 24.3 Å². The average Bonchev–Trinajstić information content (AvgIpc) is 3.25. The van der Waals surface area contributed by atoms with E-state index in [1.165, 1.54) is 43.3 Å². The predicted molar refractivity (Wildman–Crippen MR) is 119 cm³/mol. The summed E-state index contributed by atoms with van der Waals surface area (Å²) in [5.41, 5.74) is 0.894. The zero-order valence-electron chi connectivity index (χ0n) is 18.6. The van der Waals surface area contributed by atoms with Gasteiger partial charge in [-0.25, -0.2) is 22.6 Å². The van der Waals surface area contributed by atoms with E-state index in [0.717, 1.165) is 16.3 Å². The van der Waals surface area contributed by atoms with Gasteiger partial charge in [-0.05, 0) is 37.3 Å². The van der Waals surface area contributed by atoms with E-state index in [2.05, 4.69) is 14.6 Å². The van der Waals surface area contributed by atoms with Crippen LogP contribution in [-0.2, 0) is 20.9 Å². The van der Waals surface area contributed by atoms with Gasteiger partial charge in [0.15, 0.2) is 5.69 Å². The molecular formula is C22H23F3N4O4S. The highest BCUT2D eigenvalue weighted by Gasteiger charge is 2.35. The van der Waals surface area contributed by atoms with Gasteiger partial charge in [0.25, 0.3) is 0 Å². The number of aryl methyl sites for hydroxylation is 1. The zero-order chi connectivity index (χ0) is 25.1. The van der Waals surface area contributed by atoms with Gasteiger partial charge in [0, 0.05) is 25.7 Å². The van der Waals surface area contributed by atoms with Gasteiger partial charge >= 0.3 is 12.3 Å². The number of benzene rings is 2. The van der Waals surface area contributed by atoms with Crippen molar-refractivity contribution < 1.29 is 31.1 Å². The molecule has 0 spiro atoms. The maximum atomic E-state index is 13.3. The Morgan fingerprint density at radius 3 is 2.29 bits per heavy atom. The molecule has 2 aromatic carbocycles. The van der Waals surface area contributed by atoms with Crippen molar-refractivity contribution in [3.05, 3.63) is 65.9 Å². The summed E-state index contributed by atoms with van der Waals surface area (Å²) >= 11 is 0. The van der Waals surface area contributed by atoms with Gasteiger partial charge in [-0.2, -0.15) is 18.3 Å². The topological polar surface area (TPSA) is 93.5 Å². The summed E-state index contributed by atoms with van der Waals surface area (Å²) in [5.74, 6) is 0. The van der Waals surface area contributed by atoms with E-state index in [9.17, 15) is 26.4 Å². The van der Waals surface area contributed by atoms with Gasteiger partial charge in [0.05, 0.1) is 23.4 Å². The van der Waals surface area contributed by atoms with Crippen LogP contribution in [0.25, 0.3) is 16.9 Å². The maximum Gasteiger partial charge on any atom is 0.435 e. The SMILES string of the molecule is COC(=O)N(C)CCNS(=O)(=O)c1ccc(-n2nc(C(F)(F)F)cc2-c2ccc(C)cc2)cc1. The van der Waals surface area contributed by atoms with Gasteiger partial charge in [0.2, 0.25) is 10.0 Å². The maximum absolute atomic E-state index is 13.3. The number of carbonyl (C=O) groups is 1. The van der Waals surface area contributed by atoms with Crippen LogP contribution in [0.2, 0.25) is 0 Å². The number of sulfonamides is 1. The van der Waals surface area contributed by atoms with Crippen molar-refractivity contribution >= 4 is 16.1 Å². The second kappa shape index (κ2) is 9.85. The highest BCUT2D eigenvalue weighted by Crippen LogP contribution is 2.33. The molecule has 0 saturated heterocycles. The smallest absolute Gasteiger partial charge is 0.435 e. The minimum absolute atomic E-state index is 0.0542. The first-order valence-corrected chi connectivity index (χ1v) is 11.5. The summed E-state index contributed by atoms with van der Waals surface area (Å²) in [6.45, 7) is 1.89. The molecule has 0 aliphatic rings. The number of nitrogens with zero attached hydrogens (tertiary/aromatic N) is 3. The molecule has 0 unspecified atom stereocenters. The van der Waals surface area contributed by atoms with Crippen molar-refractivity contribution in [2.45, 2.75) is 18.0 Å². The molecule has 0 aliphatic heterocycles. The van der Waals surface area contributed by atoms with Gasteiger partial charge in [0.1, 0.15) is 0 Å². The molecule has 3 aromatic rings. The highest BCUT2D eigenvalue weighted by atomic mass is 32.2. The summed E-state index contributed by atoms with van der Waals surface area (Å²) in [4.78, 5) is 12.5. The molecule has 0 saturated carbocycles. The Labute approximate surface area is 195 Å². The molecule has 0 bridgehead atoms. The Bertz CT molecular complexity index is 1250. The minimum Gasteiger partial charge on any atom is -0.453 e. The average molecular weight is 497 g/mol. The van der Waals surface area contributed by atoms with Crippen LogP contribution < -0.4 is 4.72 Å². The molecular weight excluding hydrogens is 473 g/mol. The first kappa shape index (κ1) is 25.2. The molecule has 1 N–H and O–H groups in total. The number of halogens is 3. The van der Waals surface area contributed by atoms with Gasteiger partial charge in [-0.1, -0.05) is 29.8 Å². The number of nitrogens with one attached hydrogen (secondary N) is 1. The van der Waals surface area contributed by atoms with Gasteiger partial charge in [-0.15, -0.1) is 0 Å². The van der Waals surface area contributed by atoms with Gasteiger partial charge in [-0.3, -0.25) is 0 Å². The number of amides is 1. The predicted octanol–water partition coefficient (Wildman–Crippen LogP) is 3.84. The highest BCUT2D eigenvalue weighted by molar-refractivity contribution is 7.89. The lowest BCUT2D eigenvalue weighted by Gasteiger charge is -2.15. The zero-order valence-corrected chi connectivity index (χ0v) is 19.4. The van der Waals surface area contributed by atoms with Crippen LogP contribution in [0.15, 0.2) is 59.5 Å². The second-order valence-corrected chi connectivity index (χ2v) is 9.24. The molecule has 1 aromatic heterocycles. The Balaban J connectivity index is 1.87. The third-order valence-corrected chi connectivity index (χ3v) is 6.44. The van der Waals surface area contributed by atoms with Crippen molar-refractivity contribution in [2.24, 2.45) is 0 Å². The largest absolute Gasteiger partial charge is 0.453 e. The Hall–Kier alpha value is -3.38. The molecule has 1 amide bonds. The van der Waals surface area contributed by atoms with Crippen molar-refractivity contribution in [3.8, 4) is 16.9 Å². The van der Waals surface area contributed by atoms with E-state index in [0.29, 0.717) is 5.56 Å². The molecule has 0 atom stereocenters. The number of rotatable bonds is 7. The molecule has 34 heavy (non-hydrogen) atoms. The summed E-state index contributed by atoms with van der Waals surface area (Å²) in [5, 5.41) is 3.71. The lowest BCUT2D eigenvalue weighted by Crippen LogP contribution is -2.36. The quantitative estimate of drug-likeness (QED) is 0.537. The third-order valence-electron chi connectivity index (χ3n) is 4.96. The fourth-order valence-electron chi connectivity index (χ4n) is 3.09. The normalized spacial score (nSPS) is 11.9. The molecule has 3 rings (SSSR count). The molecule has 0 aliphatic carbocycles. The molecule has 12 heteroatoms. The number of hydrogen-bond acceptors (Lipinski definition) is 5. The molecule has 1 heterocycles. The second-order valence-electron chi connectivity index (χ2n) is 7.47. The molecule has 182 valence electrons. The molecule has 0 fully saturated rings. The van der Waals surface area contributed by atoms with Crippen molar-refractivity contribution in [3.63, 3.8) is 0 Å². The summed E-state index contributed by atoms with van der Waals surface area (Å²) in [7, 11) is -1.24. The van der Waals surface area contributed by atoms with Crippen LogP contribution in [0, 0.1) is 6.92 Å². The molecule has 0 radical (unpaired) electrons. The third kappa shape index (κ3) is 5.75. The fraction of sp³-hybridized carbons (Fsp3) is 0.273. The van der Waals surface area contributed by atoms with Crippen molar-refractivity contribution in [1.82, 2.24) is 19.4 Å². The first-order chi connectivity index (χ1) is 15.9. The number of methoxy groups -OCH3 is 1. The van der Waals surface area contributed by atoms with E-state index in [1.807, 2.05) is 6.92 Å². The molecule has 8 nitrogen and oxygen atoms in total.